The normalized spacial score (nSPS) is 14.6. The predicted molar refractivity (Wildman–Crippen MR) is 44.6 cm³/mol. The van der Waals surface area contributed by atoms with Gasteiger partial charge >= 0.3 is 0 Å². The zero-order chi connectivity index (χ0) is 7.98. The highest BCUT2D eigenvalue weighted by molar-refractivity contribution is 6.68. The van der Waals surface area contributed by atoms with E-state index in [1.165, 1.54) is 12.3 Å². The van der Waals surface area contributed by atoms with E-state index in [4.69, 9.17) is 23.1 Å². The molecule has 4 N–H and O–H groups in total. The molecule has 0 saturated carbocycles. The third kappa shape index (κ3) is 3.97. The van der Waals surface area contributed by atoms with Crippen LogP contribution in [0.25, 0.3) is 0 Å². The lowest BCUT2D eigenvalue weighted by atomic mass is 10.6. The van der Waals surface area contributed by atoms with Crippen molar-refractivity contribution in [3.63, 3.8) is 0 Å². The number of nitrogens with zero attached hydrogens (tertiary/aromatic N) is 1. The summed E-state index contributed by atoms with van der Waals surface area (Å²) in [7, 11) is 0. The van der Waals surface area contributed by atoms with E-state index in [0.717, 1.165) is 0 Å². The first-order chi connectivity index (χ1) is 4.70. The number of aliphatic imine (C=N–C) groups is 1. The first-order valence-corrected chi connectivity index (χ1v) is 3.12. The fourth-order valence-electron chi connectivity index (χ4n) is 0.305. The Kier molecular flexibility index (Phi) is 4.41. The van der Waals surface area contributed by atoms with Gasteiger partial charge in [0.25, 0.3) is 0 Å². The molecule has 0 saturated heterocycles. The van der Waals surface area contributed by atoms with Gasteiger partial charge in [0.1, 0.15) is 11.0 Å². The van der Waals surface area contributed by atoms with Gasteiger partial charge in [0.05, 0.1) is 0 Å². The molecule has 10 heavy (non-hydrogen) atoms. The van der Waals surface area contributed by atoms with Crippen molar-refractivity contribution in [3.8, 4) is 0 Å². The molecule has 0 aliphatic rings. The maximum Gasteiger partial charge on any atom is 0.132 e. The largest absolute Gasteiger partial charge is 0.405 e. The van der Waals surface area contributed by atoms with Crippen molar-refractivity contribution < 1.29 is 0 Å². The molecule has 56 valence electrons. The van der Waals surface area contributed by atoms with E-state index in [9.17, 15) is 0 Å². The van der Waals surface area contributed by atoms with Crippen LogP contribution in [0, 0.1) is 0 Å². The molecule has 0 heterocycles. The number of nitrogens with two attached hydrogens (primary N) is 2. The Morgan fingerprint density at radius 2 is 2.20 bits per heavy atom. The standard InChI is InChI=1S/C6H10ClN3/c1-2-6(9)10-5(7)3-4-8/h2-4H,8-9H2,1H3/b4-3-,6-2-,10-5+. The Balaban J connectivity index is 4.16. The second kappa shape index (κ2) is 4.88. The third-order valence-corrected chi connectivity index (χ3v) is 0.976. The minimum atomic E-state index is 0.276. The predicted octanol–water partition coefficient (Wildman–Crippen LogP) is 0.916. The summed E-state index contributed by atoms with van der Waals surface area (Å²) in [6, 6.07) is 0. The molecule has 0 amide bonds. The Labute approximate surface area is 65.1 Å². The summed E-state index contributed by atoms with van der Waals surface area (Å²) in [5.41, 5.74) is 10.4. The lowest BCUT2D eigenvalue weighted by Crippen LogP contribution is -1.95. The van der Waals surface area contributed by atoms with Gasteiger partial charge in [-0.15, -0.1) is 0 Å². The van der Waals surface area contributed by atoms with Crippen LogP contribution in [0.1, 0.15) is 6.92 Å². The second-order valence-corrected chi connectivity index (χ2v) is 1.89. The van der Waals surface area contributed by atoms with Crippen LogP contribution < -0.4 is 11.5 Å². The van der Waals surface area contributed by atoms with E-state index in [0.29, 0.717) is 5.82 Å². The molecule has 0 atom stereocenters. The van der Waals surface area contributed by atoms with E-state index < -0.39 is 0 Å². The van der Waals surface area contributed by atoms with Crippen LogP contribution in [-0.4, -0.2) is 5.17 Å². The summed E-state index contributed by atoms with van der Waals surface area (Å²) in [4.78, 5) is 3.74. The molecular weight excluding hydrogens is 150 g/mol. The van der Waals surface area contributed by atoms with Gasteiger partial charge < -0.3 is 11.5 Å². The zero-order valence-electron chi connectivity index (χ0n) is 5.71. The van der Waals surface area contributed by atoms with Crippen molar-refractivity contribution in [2.75, 3.05) is 0 Å². The number of allylic oxidation sites excluding steroid dienone is 2. The topological polar surface area (TPSA) is 64.4 Å². The van der Waals surface area contributed by atoms with Gasteiger partial charge in [0.2, 0.25) is 0 Å². The van der Waals surface area contributed by atoms with E-state index in [-0.39, 0.29) is 5.17 Å². The van der Waals surface area contributed by atoms with E-state index in [2.05, 4.69) is 4.99 Å². The lowest BCUT2D eigenvalue weighted by Gasteiger charge is -1.89. The maximum atomic E-state index is 5.52. The van der Waals surface area contributed by atoms with Gasteiger partial charge in [-0.1, -0.05) is 11.6 Å². The highest BCUT2D eigenvalue weighted by Gasteiger charge is 1.85. The summed E-state index contributed by atoms with van der Waals surface area (Å²) in [5.74, 6) is 0.378. The lowest BCUT2D eigenvalue weighted by molar-refractivity contribution is 1.23. The Morgan fingerprint density at radius 3 is 2.60 bits per heavy atom. The summed E-state index contributed by atoms with van der Waals surface area (Å²) in [5, 5.41) is 0.276. The maximum absolute atomic E-state index is 5.52. The molecule has 0 rings (SSSR count). The van der Waals surface area contributed by atoms with Gasteiger partial charge in [-0.2, -0.15) is 0 Å². The van der Waals surface area contributed by atoms with Crippen LogP contribution in [-0.2, 0) is 0 Å². The summed E-state index contributed by atoms with van der Waals surface area (Å²) in [6.07, 6.45) is 4.40. The van der Waals surface area contributed by atoms with E-state index in [1.807, 2.05) is 0 Å². The molecule has 0 radical (unpaired) electrons. The quantitative estimate of drug-likeness (QED) is 0.589. The molecule has 0 aromatic heterocycles. The monoisotopic (exact) mass is 159 g/mol. The molecular formula is C6H10ClN3. The van der Waals surface area contributed by atoms with Crippen molar-refractivity contribution in [2.24, 2.45) is 16.5 Å². The highest BCUT2D eigenvalue weighted by Crippen LogP contribution is 1.92. The minimum absolute atomic E-state index is 0.276. The van der Waals surface area contributed by atoms with Crippen molar-refractivity contribution in [3.05, 3.63) is 24.2 Å². The first-order valence-electron chi connectivity index (χ1n) is 2.75. The second-order valence-electron chi connectivity index (χ2n) is 1.51. The zero-order valence-corrected chi connectivity index (χ0v) is 6.47. The molecule has 0 aromatic rings. The van der Waals surface area contributed by atoms with Gasteiger partial charge in [-0.25, -0.2) is 4.99 Å². The summed E-state index contributed by atoms with van der Waals surface area (Å²) < 4.78 is 0. The molecule has 0 fully saturated rings. The molecule has 3 nitrogen and oxygen atoms in total. The van der Waals surface area contributed by atoms with Gasteiger partial charge in [0.15, 0.2) is 0 Å². The number of halogens is 1. The van der Waals surface area contributed by atoms with Crippen LogP contribution in [0.2, 0.25) is 0 Å². The highest BCUT2D eigenvalue weighted by atomic mass is 35.5. The van der Waals surface area contributed by atoms with Crippen molar-refractivity contribution in [2.45, 2.75) is 6.92 Å². The summed E-state index contributed by atoms with van der Waals surface area (Å²) in [6.45, 7) is 1.77. The number of hydrogen-bond donors (Lipinski definition) is 2. The van der Waals surface area contributed by atoms with Crippen LogP contribution >= 0.6 is 11.6 Å². The third-order valence-electron chi connectivity index (χ3n) is 0.765. The minimum Gasteiger partial charge on any atom is -0.405 e. The van der Waals surface area contributed by atoms with Crippen molar-refractivity contribution in [1.82, 2.24) is 0 Å². The Morgan fingerprint density at radius 1 is 1.60 bits per heavy atom. The summed E-state index contributed by atoms with van der Waals surface area (Å²) >= 11 is 5.52. The molecule has 0 spiro atoms. The fourth-order valence-corrected chi connectivity index (χ4v) is 0.475. The molecule has 0 aliphatic carbocycles. The smallest absolute Gasteiger partial charge is 0.132 e. The average Bonchev–Trinajstić information content (AvgIpc) is 1.88. The van der Waals surface area contributed by atoms with Crippen LogP contribution in [0.15, 0.2) is 29.2 Å². The van der Waals surface area contributed by atoms with Crippen LogP contribution in [0.4, 0.5) is 0 Å². The van der Waals surface area contributed by atoms with E-state index >= 15 is 0 Å². The van der Waals surface area contributed by atoms with Crippen molar-refractivity contribution >= 4 is 16.8 Å². The molecule has 0 unspecified atom stereocenters. The average molecular weight is 160 g/mol. The van der Waals surface area contributed by atoms with Gasteiger partial charge in [-0.05, 0) is 25.3 Å². The molecule has 4 heteroatoms. The van der Waals surface area contributed by atoms with E-state index in [1.54, 1.807) is 13.0 Å². The fraction of sp³-hybridized carbons (Fsp3) is 0.167. The van der Waals surface area contributed by atoms with Crippen LogP contribution in [0.5, 0.6) is 0 Å². The Bertz CT molecular complexity index is 181. The van der Waals surface area contributed by atoms with Gasteiger partial charge in [0, 0.05) is 0 Å². The first kappa shape index (κ1) is 9.04. The SMILES string of the molecule is C\C=C(N)/N=C(Cl)\C=C/N. The molecule has 0 bridgehead atoms. The molecule has 0 aliphatic heterocycles. The number of rotatable bonds is 2. The Hall–Kier alpha value is -0.960. The van der Waals surface area contributed by atoms with Crippen molar-refractivity contribution in [1.29, 1.82) is 0 Å². The molecule has 0 aromatic carbocycles. The number of hydrogen-bond acceptors (Lipinski definition) is 3. The van der Waals surface area contributed by atoms with Crippen LogP contribution in [0.3, 0.4) is 0 Å². The van der Waals surface area contributed by atoms with Gasteiger partial charge in [-0.3, -0.25) is 0 Å².